The minimum absolute atomic E-state index is 0.692. The molecule has 0 saturated heterocycles. The van der Waals surface area contributed by atoms with E-state index in [1.165, 1.54) is 15.4 Å². The Morgan fingerprint density at radius 3 is 3.11 bits per heavy atom. The predicted molar refractivity (Wildman–Crippen MR) is 74.7 cm³/mol. The molecule has 1 N–H and O–H groups in total. The molecule has 94 valence electrons. The van der Waals surface area contributed by atoms with Gasteiger partial charge in [0, 0.05) is 19.4 Å². The van der Waals surface area contributed by atoms with Gasteiger partial charge in [0.1, 0.15) is 11.6 Å². The summed E-state index contributed by atoms with van der Waals surface area (Å²) in [6, 6.07) is 8.11. The molecule has 1 aromatic heterocycles. The molecule has 0 atom stereocenters. The Labute approximate surface area is 111 Å². The second kappa shape index (κ2) is 4.98. The van der Waals surface area contributed by atoms with Gasteiger partial charge < -0.3 is 10.1 Å². The van der Waals surface area contributed by atoms with Crippen molar-refractivity contribution in [2.24, 2.45) is 0 Å². The van der Waals surface area contributed by atoms with Gasteiger partial charge >= 0.3 is 0 Å². The van der Waals surface area contributed by atoms with E-state index in [1.54, 1.807) is 0 Å². The Morgan fingerprint density at radius 1 is 1.39 bits per heavy atom. The fourth-order valence-electron chi connectivity index (χ4n) is 2.08. The second-order valence-electron chi connectivity index (χ2n) is 4.42. The van der Waals surface area contributed by atoms with E-state index < -0.39 is 0 Å². The molecule has 0 aliphatic carbocycles. The van der Waals surface area contributed by atoms with Gasteiger partial charge in [0.05, 0.1) is 16.5 Å². The lowest BCUT2D eigenvalue weighted by Gasteiger charge is -2.07. The maximum atomic E-state index is 5.79. The molecule has 0 amide bonds. The molecular weight excluding hydrogens is 244 g/mol. The predicted octanol–water partition coefficient (Wildman–Crippen LogP) is 3.04. The van der Waals surface area contributed by atoms with Crippen LogP contribution in [0.2, 0.25) is 0 Å². The average Bonchev–Trinajstić information content (AvgIpc) is 2.92. The van der Waals surface area contributed by atoms with Crippen molar-refractivity contribution >= 4 is 17.2 Å². The highest BCUT2D eigenvalue weighted by Gasteiger charge is 2.15. The first-order chi connectivity index (χ1) is 8.83. The fraction of sp³-hybridized carbons (Fsp3) is 0.357. The Hall–Kier alpha value is -1.55. The van der Waals surface area contributed by atoms with Crippen LogP contribution in [0.5, 0.6) is 5.75 Å². The highest BCUT2D eigenvalue weighted by molar-refractivity contribution is 7.12. The Kier molecular flexibility index (Phi) is 3.19. The van der Waals surface area contributed by atoms with E-state index in [9.17, 15) is 0 Å². The molecule has 3 nitrogen and oxygen atoms in total. The number of aryl methyl sites for hydroxylation is 1. The molecule has 2 heterocycles. The summed E-state index contributed by atoms with van der Waals surface area (Å²) in [6.45, 7) is 3.79. The summed E-state index contributed by atoms with van der Waals surface area (Å²) in [7, 11) is 0. The van der Waals surface area contributed by atoms with Crippen molar-refractivity contribution in [2.75, 3.05) is 18.5 Å². The van der Waals surface area contributed by atoms with E-state index in [-0.39, 0.29) is 0 Å². The number of aromatic nitrogens is 1. The standard InChI is InChI=1S/C14H16N2OS/c1-10-4-2-3-5-11(10)17-9-7-13-16-14-12(18-13)6-8-15-14/h2-5,15H,6-9H2,1H3. The third-order valence-electron chi connectivity index (χ3n) is 3.05. The van der Waals surface area contributed by atoms with Crippen molar-refractivity contribution in [1.29, 1.82) is 0 Å². The normalized spacial score (nSPS) is 13.2. The lowest BCUT2D eigenvalue weighted by atomic mass is 10.2. The zero-order chi connectivity index (χ0) is 12.4. The molecule has 0 spiro atoms. The number of ether oxygens (including phenoxy) is 1. The first-order valence-corrected chi connectivity index (χ1v) is 7.05. The largest absolute Gasteiger partial charge is 0.493 e. The number of benzene rings is 1. The van der Waals surface area contributed by atoms with Gasteiger partial charge in [-0.1, -0.05) is 18.2 Å². The maximum absolute atomic E-state index is 5.79. The Morgan fingerprint density at radius 2 is 2.28 bits per heavy atom. The van der Waals surface area contributed by atoms with Crippen LogP contribution in [0, 0.1) is 6.92 Å². The summed E-state index contributed by atoms with van der Waals surface area (Å²) < 4.78 is 5.79. The van der Waals surface area contributed by atoms with Crippen LogP contribution in [-0.4, -0.2) is 18.1 Å². The number of anilines is 1. The van der Waals surface area contributed by atoms with Crippen LogP contribution in [0.25, 0.3) is 0 Å². The van der Waals surface area contributed by atoms with Crippen LogP contribution in [0.15, 0.2) is 24.3 Å². The van der Waals surface area contributed by atoms with Gasteiger partial charge in [-0.2, -0.15) is 0 Å². The van der Waals surface area contributed by atoms with E-state index in [2.05, 4.69) is 23.3 Å². The highest BCUT2D eigenvalue weighted by Crippen LogP contribution is 2.28. The lowest BCUT2D eigenvalue weighted by Crippen LogP contribution is -2.02. The summed E-state index contributed by atoms with van der Waals surface area (Å²) in [4.78, 5) is 5.96. The maximum Gasteiger partial charge on any atom is 0.140 e. The number of nitrogens with zero attached hydrogens (tertiary/aromatic N) is 1. The van der Waals surface area contributed by atoms with Gasteiger partial charge in [-0.05, 0) is 18.6 Å². The number of nitrogens with one attached hydrogen (secondary N) is 1. The van der Waals surface area contributed by atoms with Gasteiger partial charge in [-0.3, -0.25) is 0 Å². The zero-order valence-electron chi connectivity index (χ0n) is 10.4. The van der Waals surface area contributed by atoms with Crippen LogP contribution >= 0.6 is 11.3 Å². The quantitative estimate of drug-likeness (QED) is 0.917. The third-order valence-corrected chi connectivity index (χ3v) is 4.23. The van der Waals surface area contributed by atoms with E-state index in [1.807, 2.05) is 29.5 Å². The molecule has 1 aliphatic rings. The van der Waals surface area contributed by atoms with Crippen LogP contribution in [0.1, 0.15) is 15.4 Å². The van der Waals surface area contributed by atoms with E-state index >= 15 is 0 Å². The van der Waals surface area contributed by atoms with Gasteiger partial charge in [-0.25, -0.2) is 4.98 Å². The molecule has 0 saturated carbocycles. The Bertz CT molecular complexity index is 529. The van der Waals surface area contributed by atoms with E-state index in [0.717, 1.165) is 31.0 Å². The number of hydrogen-bond acceptors (Lipinski definition) is 4. The van der Waals surface area contributed by atoms with Crippen LogP contribution < -0.4 is 10.1 Å². The summed E-state index contributed by atoms with van der Waals surface area (Å²) >= 11 is 1.81. The molecule has 1 aromatic carbocycles. The van der Waals surface area contributed by atoms with Crippen molar-refractivity contribution in [3.63, 3.8) is 0 Å². The smallest absolute Gasteiger partial charge is 0.140 e. The molecule has 2 aromatic rings. The number of para-hydroxylation sites is 1. The molecule has 4 heteroatoms. The minimum Gasteiger partial charge on any atom is -0.493 e. The zero-order valence-corrected chi connectivity index (χ0v) is 11.2. The monoisotopic (exact) mass is 260 g/mol. The van der Waals surface area contributed by atoms with E-state index in [4.69, 9.17) is 4.74 Å². The molecule has 0 radical (unpaired) electrons. The van der Waals surface area contributed by atoms with Crippen molar-refractivity contribution in [2.45, 2.75) is 19.8 Å². The van der Waals surface area contributed by atoms with Gasteiger partial charge in [0.25, 0.3) is 0 Å². The highest BCUT2D eigenvalue weighted by atomic mass is 32.1. The van der Waals surface area contributed by atoms with Crippen LogP contribution in [0.4, 0.5) is 5.82 Å². The number of thiazole rings is 1. The van der Waals surface area contributed by atoms with Crippen molar-refractivity contribution < 1.29 is 4.74 Å². The van der Waals surface area contributed by atoms with Gasteiger partial charge in [0.15, 0.2) is 0 Å². The minimum atomic E-state index is 0.692. The number of rotatable bonds is 4. The SMILES string of the molecule is Cc1ccccc1OCCc1nc2c(s1)CCN2. The second-order valence-corrected chi connectivity index (χ2v) is 5.59. The Balaban J connectivity index is 1.57. The summed E-state index contributed by atoms with van der Waals surface area (Å²) in [5.41, 5.74) is 1.18. The van der Waals surface area contributed by atoms with Gasteiger partial charge in [-0.15, -0.1) is 11.3 Å². The van der Waals surface area contributed by atoms with Crippen molar-refractivity contribution in [1.82, 2.24) is 4.98 Å². The summed E-state index contributed by atoms with van der Waals surface area (Å²) in [5.74, 6) is 2.06. The lowest BCUT2D eigenvalue weighted by molar-refractivity contribution is 0.319. The third kappa shape index (κ3) is 2.34. The van der Waals surface area contributed by atoms with Crippen molar-refractivity contribution in [3.8, 4) is 5.75 Å². The number of fused-ring (bicyclic) bond motifs is 1. The first-order valence-electron chi connectivity index (χ1n) is 6.24. The average molecular weight is 260 g/mol. The van der Waals surface area contributed by atoms with E-state index in [0.29, 0.717) is 6.61 Å². The molecule has 3 rings (SSSR count). The molecule has 1 aliphatic heterocycles. The topological polar surface area (TPSA) is 34.1 Å². The fourth-order valence-corrected chi connectivity index (χ4v) is 3.10. The summed E-state index contributed by atoms with van der Waals surface area (Å²) in [5, 5.41) is 4.46. The van der Waals surface area contributed by atoms with Crippen LogP contribution in [0.3, 0.4) is 0 Å². The van der Waals surface area contributed by atoms with Crippen molar-refractivity contribution in [3.05, 3.63) is 39.7 Å². The summed E-state index contributed by atoms with van der Waals surface area (Å²) in [6.07, 6.45) is 2.00. The molecule has 0 unspecified atom stereocenters. The molecule has 0 bridgehead atoms. The molecular formula is C14H16N2OS. The molecule has 18 heavy (non-hydrogen) atoms. The molecule has 0 fully saturated rings. The first kappa shape index (κ1) is 11.5. The van der Waals surface area contributed by atoms with Crippen LogP contribution in [-0.2, 0) is 12.8 Å². The van der Waals surface area contributed by atoms with Gasteiger partial charge in [0.2, 0.25) is 0 Å². The number of hydrogen-bond donors (Lipinski definition) is 1.